The molecular formula is C12H17N3O. The molecule has 2 aromatic rings. The normalized spacial score (nSPS) is 9.69. The molecule has 0 unspecified atom stereocenters. The average molecular weight is 219 g/mol. The van der Waals surface area contributed by atoms with Crippen LogP contribution in [0.3, 0.4) is 0 Å². The molecule has 0 fully saturated rings. The Morgan fingerprint density at radius 2 is 1.75 bits per heavy atom. The van der Waals surface area contributed by atoms with Gasteiger partial charge in [-0.1, -0.05) is 12.1 Å². The Morgan fingerprint density at radius 1 is 1.19 bits per heavy atom. The molecule has 1 aromatic carbocycles. The Balaban J connectivity index is 0.000000280. The molecule has 2 amide bonds. The summed E-state index contributed by atoms with van der Waals surface area (Å²) in [5, 5.41) is 1.38. The van der Waals surface area contributed by atoms with Crippen LogP contribution in [-0.4, -0.2) is 11.0 Å². The molecule has 0 aliphatic rings. The molecule has 0 spiro atoms. The summed E-state index contributed by atoms with van der Waals surface area (Å²) in [6, 6.07) is 5.54. The molecule has 86 valence electrons. The van der Waals surface area contributed by atoms with Crippen molar-refractivity contribution >= 4 is 16.9 Å². The zero-order valence-electron chi connectivity index (χ0n) is 9.79. The summed E-state index contributed by atoms with van der Waals surface area (Å²) in [6.07, 6.45) is 0. The van der Waals surface area contributed by atoms with Crippen LogP contribution < -0.4 is 11.5 Å². The van der Waals surface area contributed by atoms with E-state index in [1.807, 2.05) is 0 Å². The number of hydrogen-bond acceptors (Lipinski definition) is 1. The molecule has 5 N–H and O–H groups in total. The van der Waals surface area contributed by atoms with Gasteiger partial charge in [-0.05, 0) is 38.0 Å². The van der Waals surface area contributed by atoms with Gasteiger partial charge in [0, 0.05) is 16.6 Å². The van der Waals surface area contributed by atoms with Crippen molar-refractivity contribution in [1.29, 1.82) is 0 Å². The minimum absolute atomic E-state index is 0.833. The van der Waals surface area contributed by atoms with Crippen molar-refractivity contribution in [2.45, 2.75) is 20.8 Å². The number of aryl methyl sites for hydroxylation is 3. The van der Waals surface area contributed by atoms with E-state index in [0.717, 1.165) is 0 Å². The number of fused-ring (bicyclic) bond motifs is 1. The fourth-order valence-corrected chi connectivity index (χ4v) is 1.75. The molecule has 0 bridgehead atoms. The lowest BCUT2D eigenvalue weighted by Gasteiger charge is -1.95. The number of nitrogens with two attached hydrogens (primary N) is 2. The summed E-state index contributed by atoms with van der Waals surface area (Å²) in [6.45, 7) is 6.44. The van der Waals surface area contributed by atoms with Crippen molar-refractivity contribution in [2.24, 2.45) is 11.5 Å². The molecule has 0 saturated heterocycles. The highest BCUT2D eigenvalue weighted by Gasteiger charge is 2.04. The van der Waals surface area contributed by atoms with Gasteiger partial charge in [0.15, 0.2) is 0 Å². The van der Waals surface area contributed by atoms with Crippen molar-refractivity contribution < 1.29 is 4.79 Å². The number of aromatic nitrogens is 1. The van der Waals surface area contributed by atoms with E-state index in [1.165, 1.54) is 27.7 Å². The highest BCUT2D eigenvalue weighted by atomic mass is 16.2. The molecule has 2 rings (SSSR count). The van der Waals surface area contributed by atoms with Gasteiger partial charge in [0.05, 0.1) is 0 Å². The predicted molar refractivity (Wildman–Crippen MR) is 66.3 cm³/mol. The van der Waals surface area contributed by atoms with Gasteiger partial charge in [-0.3, -0.25) is 0 Å². The molecule has 1 heterocycles. The van der Waals surface area contributed by atoms with Crippen LogP contribution in [0.2, 0.25) is 0 Å². The summed E-state index contributed by atoms with van der Waals surface area (Å²) < 4.78 is 0. The van der Waals surface area contributed by atoms with E-state index in [1.54, 1.807) is 0 Å². The Morgan fingerprint density at radius 3 is 2.25 bits per heavy atom. The van der Waals surface area contributed by atoms with E-state index >= 15 is 0 Å². The van der Waals surface area contributed by atoms with Gasteiger partial charge in [0.25, 0.3) is 0 Å². The Hall–Kier alpha value is -1.97. The van der Waals surface area contributed by atoms with Gasteiger partial charge >= 0.3 is 6.03 Å². The molecule has 16 heavy (non-hydrogen) atoms. The number of rotatable bonds is 0. The maximum Gasteiger partial charge on any atom is 0.309 e. The van der Waals surface area contributed by atoms with Gasteiger partial charge in [-0.25, -0.2) is 4.79 Å². The molecule has 0 radical (unpaired) electrons. The smallest absolute Gasteiger partial charge is 0.309 e. The fraction of sp³-hybridized carbons (Fsp3) is 0.250. The number of primary amides is 2. The molecule has 0 saturated carbocycles. The van der Waals surface area contributed by atoms with Crippen LogP contribution in [0.4, 0.5) is 4.79 Å². The monoisotopic (exact) mass is 219 g/mol. The quantitative estimate of drug-likeness (QED) is 0.623. The maximum absolute atomic E-state index is 9.00. The number of carbonyl (C=O) groups is 1. The number of amides is 2. The number of carbonyl (C=O) groups excluding carboxylic acids is 1. The zero-order valence-corrected chi connectivity index (χ0v) is 9.79. The van der Waals surface area contributed by atoms with E-state index in [9.17, 15) is 0 Å². The highest BCUT2D eigenvalue weighted by Crippen LogP contribution is 2.23. The zero-order chi connectivity index (χ0) is 12.3. The first-order valence-corrected chi connectivity index (χ1v) is 5.03. The second-order valence-corrected chi connectivity index (χ2v) is 3.77. The summed E-state index contributed by atoms with van der Waals surface area (Å²) in [5.41, 5.74) is 13.8. The van der Waals surface area contributed by atoms with Crippen molar-refractivity contribution in [3.63, 3.8) is 0 Å². The van der Waals surface area contributed by atoms with E-state index in [2.05, 4.69) is 55.4 Å². The molecule has 0 atom stereocenters. The minimum atomic E-state index is -0.833. The number of urea groups is 1. The standard InChI is InChI=1S/C11H13N.CH4N2O/c1-7-5-4-6-10-11(7)8(2)9(3)12-10;2-1(3)4/h4-6,12H,1-3H3;(H4,2,3,4). The highest BCUT2D eigenvalue weighted by molar-refractivity contribution is 5.87. The SMILES string of the molecule is Cc1[nH]c2cccc(C)c2c1C.NC(N)=O. The lowest BCUT2D eigenvalue weighted by Crippen LogP contribution is -2.18. The molecule has 4 heteroatoms. The Labute approximate surface area is 94.6 Å². The van der Waals surface area contributed by atoms with E-state index in [4.69, 9.17) is 4.79 Å². The first kappa shape index (κ1) is 12.1. The number of aromatic amines is 1. The number of H-pyrrole nitrogens is 1. The van der Waals surface area contributed by atoms with E-state index in [-0.39, 0.29) is 0 Å². The van der Waals surface area contributed by atoms with Crippen LogP contribution in [-0.2, 0) is 0 Å². The maximum atomic E-state index is 9.00. The molecule has 1 aromatic heterocycles. The first-order valence-electron chi connectivity index (χ1n) is 5.03. The van der Waals surface area contributed by atoms with Gasteiger partial charge in [-0.2, -0.15) is 0 Å². The largest absolute Gasteiger partial charge is 0.358 e. The summed E-state index contributed by atoms with van der Waals surface area (Å²) in [7, 11) is 0. The van der Waals surface area contributed by atoms with Gasteiger partial charge in [0.1, 0.15) is 0 Å². The van der Waals surface area contributed by atoms with E-state index < -0.39 is 6.03 Å². The number of nitrogens with one attached hydrogen (secondary N) is 1. The minimum Gasteiger partial charge on any atom is -0.358 e. The summed E-state index contributed by atoms with van der Waals surface area (Å²) in [4.78, 5) is 12.4. The molecule has 0 aliphatic heterocycles. The third kappa shape index (κ3) is 2.53. The van der Waals surface area contributed by atoms with Crippen LogP contribution in [0.25, 0.3) is 10.9 Å². The lowest BCUT2D eigenvalue weighted by atomic mass is 10.1. The first-order chi connectivity index (χ1) is 7.43. The molecule has 0 aliphatic carbocycles. The van der Waals surface area contributed by atoms with Gasteiger partial charge < -0.3 is 16.5 Å². The van der Waals surface area contributed by atoms with Crippen molar-refractivity contribution in [3.05, 3.63) is 35.0 Å². The lowest BCUT2D eigenvalue weighted by molar-refractivity contribution is 0.256. The van der Waals surface area contributed by atoms with Gasteiger partial charge in [0.2, 0.25) is 0 Å². The third-order valence-corrected chi connectivity index (χ3v) is 2.53. The van der Waals surface area contributed by atoms with E-state index in [0.29, 0.717) is 0 Å². The summed E-state index contributed by atoms with van der Waals surface area (Å²) >= 11 is 0. The van der Waals surface area contributed by atoms with Crippen molar-refractivity contribution in [2.75, 3.05) is 0 Å². The van der Waals surface area contributed by atoms with Crippen LogP contribution in [0, 0.1) is 20.8 Å². The summed E-state index contributed by atoms with van der Waals surface area (Å²) in [5.74, 6) is 0. The Bertz CT molecular complexity index is 510. The molecular weight excluding hydrogens is 202 g/mol. The van der Waals surface area contributed by atoms with Gasteiger partial charge in [-0.15, -0.1) is 0 Å². The topological polar surface area (TPSA) is 84.9 Å². The third-order valence-electron chi connectivity index (χ3n) is 2.53. The number of hydrogen-bond donors (Lipinski definition) is 3. The van der Waals surface area contributed by atoms with Crippen LogP contribution in [0.1, 0.15) is 16.8 Å². The predicted octanol–water partition coefficient (Wildman–Crippen LogP) is 2.12. The Kier molecular flexibility index (Phi) is 3.55. The molecule has 4 nitrogen and oxygen atoms in total. The van der Waals surface area contributed by atoms with Crippen molar-refractivity contribution in [3.8, 4) is 0 Å². The fourth-order valence-electron chi connectivity index (χ4n) is 1.75. The van der Waals surface area contributed by atoms with Crippen LogP contribution in [0.5, 0.6) is 0 Å². The second kappa shape index (κ2) is 4.70. The second-order valence-electron chi connectivity index (χ2n) is 3.77. The number of benzene rings is 1. The van der Waals surface area contributed by atoms with Crippen LogP contribution in [0.15, 0.2) is 18.2 Å². The van der Waals surface area contributed by atoms with Crippen molar-refractivity contribution in [1.82, 2.24) is 4.98 Å². The van der Waals surface area contributed by atoms with Crippen LogP contribution >= 0.6 is 0 Å². The average Bonchev–Trinajstić information content (AvgIpc) is 2.43.